The van der Waals surface area contributed by atoms with Gasteiger partial charge in [0.1, 0.15) is 18.1 Å². The molecule has 1 N–H and O–H groups in total. The normalized spacial score (nSPS) is 10.8. The minimum absolute atomic E-state index is 0.0807. The predicted molar refractivity (Wildman–Crippen MR) is 110 cm³/mol. The van der Waals surface area contributed by atoms with E-state index in [0.717, 1.165) is 5.56 Å². The summed E-state index contributed by atoms with van der Waals surface area (Å²) in [6.07, 6.45) is 0. The van der Waals surface area contributed by atoms with E-state index in [4.69, 9.17) is 14.2 Å². The topological polar surface area (TPSA) is 73.7 Å². The maximum Gasteiger partial charge on any atom is 0.320 e. The number of aryl methyl sites for hydroxylation is 1. The van der Waals surface area contributed by atoms with Gasteiger partial charge in [0.05, 0.1) is 18.0 Å². The Kier molecular flexibility index (Phi) is 5.34. The van der Waals surface area contributed by atoms with Gasteiger partial charge in [0.2, 0.25) is 5.88 Å². The lowest BCUT2D eigenvalue weighted by molar-refractivity contribution is 0.277. The van der Waals surface area contributed by atoms with Crippen molar-refractivity contribution in [2.75, 3.05) is 7.11 Å². The van der Waals surface area contributed by atoms with Crippen molar-refractivity contribution in [3.63, 3.8) is 0 Å². The molecule has 0 spiro atoms. The maximum absolute atomic E-state index is 14.4. The van der Waals surface area contributed by atoms with Gasteiger partial charge >= 0.3 is 6.01 Å². The van der Waals surface area contributed by atoms with Gasteiger partial charge in [-0.1, -0.05) is 30.3 Å². The van der Waals surface area contributed by atoms with Crippen LogP contribution < -0.4 is 14.2 Å². The molecule has 0 saturated carbocycles. The van der Waals surface area contributed by atoms with Gasteiger partial charge in [0.25, 0.3) is 0 Å². The molecule has 0 unspecified atom stereocenters. The molecule has 4 aromatic rings. The largest absolute Gasteiger partial charge is 0.508 e. The summed E-state index contributed by atoms with van der Waals surface area (Å²) in [6, 6.07) is 17.3. The van der Waals surface area contributed by atoms with E-state index in [0.29, 0.717) is 22.2 Å². The number of fused-ring (bicyclic) bond motifs is 1. The van der Waals surface area contributed by atoms with Crippen molar-refractivity contribution in [2.24, 2.45) is 0 Å². The average Bonchev–Trinajstić information content (AvgIpc) is 2.76. The first kappa shape index (κ1) is 19.4. The van der Waals surface area contributed by atoms with Crippen LogP contribution in [0.25, 0.3) is 10.9 Å². The zero-order chi connectivity index (χ0) is 21.1. The van der Waals surface area contributed by atoms with E-state index in [1.807, 2.05) is 30.3 Å². The third-order valence-corrected chi connectivity index (χ3v) is 4.52. The lowest BCUT2D eigenvalue weighted by Crippen LogP contribution is -2.02. The number of benzene rings is 3. The van der Waals surface area contributed by atoms with Crippen LogP contribution in [-0.2, 0) is 6.61 Å². The van der Waals surface area contributed by atoms with Crippen molar-refractivity contribution in [1.29, 1.82) is 0 Å². The van der Waals surface area contributed by atoms with Gasteiger partial charge in [-0.25, -0.2) is 4.39 Å². The second-order valence-corrected chi connectivity index (χ2v) is 6.64. The van der Waals surface area contributed by atoms with Gasteiger partial charge < -0.3 is 19.3 Å². The summed E-state index contributed by atoms with van der Waals surface area (Å²) >= 11 is 0. The SMILES string of the molecule is COc1ccc2nc(OCc3ccccc3)nc(Oc3cc(O)c(C)cc3F)c2c1. The quantitative estimate of drug-likeness (QED) is 0.477. The Morgan fingerprint density at radius 3 is 2.57 bits per heavy atom. The van der Waals surface area contributed by atoms with Crippen molar-refractivity contribution in [3.05, 3.63) is 77.6 Å². The number of halogens is 1. The Morgan fingerprint density at radius 1 is 1.00 bits per heavy atom. The number of phenols is 1. The number of methoxy groups -OCH3 is 1. The highest BCUT2D eigenvalue weighted by Crippen LogP contribution is 2.35. The summed E-state index contributed by atoms with van der Waals surface area (Å²) in [4.78, 5) is 8.73. The van der Waals surface area contributed by atoms with Crippen molar-refractivity contribution >= 4 is 10.9 Å². The highest BCUT2D eigenvalue weighted by Gasteiger charge is 2.16. The lowest BCUT2D eigenvalue weighted by Gasteiger charge is -2.12. The number of hydrogen-bond donors (Lipinski definition) is 1. The van der Waals surface area contributed by atoms with Gasteiger partial charge in [-0.05, 0) is 42.3 Å². The zero-order valence-electron chi connectivity index (χ0n) is 16.4. The average molecular weight is 406 g/mol. The Labute approximate surface area is 172 Å². The van der Waals surface area contributed by atoms with Crippen molar-refractivity contribution in [3.8, 4) is 29.1 Å². The Bertz CT molecular complexity index is 1200. The molecule has 152 valence electrons. The Hall–Kier alpha value is -3.87. The highest BCUT2D eigenvalue weighted by molar-refractivity contribution is 5.85. The molecular formula is C23H19FN2O4. The van der Waals surface area contributed by atoms with Crippen LogP contribution in [0.3, 0.4) is 0 Å². The molecule has 0 atom stereocenters. The molecule has 0 radical (unpaired) electrons. The molecule has 6 nitrogen and oxygen atoms in total. The minimum Gasteiger partial charge on any atom is -0.508 e. The molecule has 0 amide bonds. The molecule has 0 bridgehead atoms. The summed E-state index contributed by atoms with van der Waals surface area (Å²) in [5, 5.41) is 10.5. The van der Waals surface area contributed by atoms with E-state index in [2.05, 4.69) is 9.97 Å². The molecule has 0 aliphatic carbocycles. The number of rotatable bonds is 6. The molecule has 0 fully saturated rings. The van der Waals surface area contributed by atoms with E-state index >= 15 is 0 Å². The molecule has 1 heterocycles. The summed E-state index contributed by atoms with van der Waals surface area (Å²) in [5.41, 5.74) is 1.90. The smallest absolute Gasteiger partial charge is 0.320 e. The number of phenolic OH excluding ortho intramolecular Hbond substituents is 1. The van der Waals surface area contributed by atoms with Crippen LogP contribution in [0.4, 0.5) is 4.39 Å². The summed E-state index contributed by atoms with van der Waals surface area (Å²) < 4.78 is 31.1. The third kappa shape index (κ3) is 4.10. The molecule has 0 aliphatic heterocycles. The number of aromatic hydroxyl groups is 1. The first-order valence-electron chi connectivity index (χ1n) is 9.23. The second-order valence-electron chi connectivity index (χ2n) is 6.64. The van der Waals surface area contributed by atoms with Crippen LogP contribution in [0.2, 0.25) is 0 Å². The van der Waals surface area contributed by atoms with Gasteiger partial charge in [-0.3, -0.25) is 0 Å². The van der Waals surface area contributed by atoms with Gasteiger partial charge in [0.15, 0.2) is 11.6 Å². The number of aromatic nitrogens is 2. The van der Waals surface area contributed by atoms with E-state index in [-0.39, 0.29) is 30.0 Å². The van der Waals surface area contributed by atoms with Crippen molar-refractivity contribution in [2.45, 2.75) is 13.5 Å². The van der Waals surface area contributed by atoms with Crippen molar-refractivity contribution < 1.29 is 23.7 Å². The number of ether oxygens (including phenoxy) is 3. The third-order valence-electron chi connectivity index (χ3n) is 4.52. The molecular weight excluding hydrogens is 387 g/mol. The summed E-state index contributed by atoms with van der Waals surface area (Å²) in [7, 11) is 1.54. The molecule has 7 heteroatoms. The molecule has 3 aromatic carbocycles. The number of hydrogen-bond acceptors (Lipinski definition) is 6. The van der Waals surface area contributed by atoms with Crippen LogP contribution in [0.1, 0.15) is 11.1 Å². The maximum atomic E-state index is 14.4. The predicted octanol–water partition coefficient (Wildman–Crippen LogP) is 5.16. The fourth-order valence-electron chi connectivity index (χ4n) is 2.87. The van der Waals surface area contributed by atoms with E-state index in [9.17, 15) is 9.50 Å². The zero-order valence-corrected chi connectivity index (χ0v) is 16.4. The molecule has 30 heavy (non-hydrogen) atoms. The lowest BCUT2D eigenvalue weighted by atomic mass is 10.2. The van der Waals surface area contributed by atoms with Crippen LogP contribution in [-0.4, -0.2) is 22.2 Å². The van der Waals surface area contributed by atoms with Crippen LogP contribution in [0, 0.1) is 12.7 Å². The number of nitrogens with zero attached hydrogens (tertiary/aromatic N) is 2. The fraction of sp³-hybridized carbons (Fsp3) is 0.130. The van der Waals surface area contributed by atoms with E-state index in [1.54, 1.807) is 25.1 Å². The van der Waals surface area contributed by atoms with Gasteiger partial charge in [-0.2, -0.15) is 9.97 Å². The molecule has 4 rings (SSSR count). The van der Waals surface area contributed by atoms with Gasteiger partial charge in [0, 0.05) is 6.07 Å². The van der Waals surface area contributed by atoms with Crippen LogP contribution >= 0.6 is 0 Å². The van der Waals surface area contributed by atoms with Crippen molar-refractivity contribution in [1.82, 2.24) is 9.97 Å². The first-order chi connectivity index (χ1) is 14.5. The second kappa shape index (κ2) is 8.24. The fourth-order valence-corrected chi connectivity index (χ4v) is 2.87. The minimum atomic E-state index is -0.619. The molecule has 0 aliphatic rings. The standard InChI is InChI=1S/C23H19FN2O4/c1-14-10-18(24)21(12-20(14)27)30-22-17-11-16(28-2)8-9-19(17)25-23(26-22)29-13-15-6-4-3-5-7-15/h3-12,27H,13H2,1-2H3. The summed E-state index contributed by atoms with van der Waals surface area (Å²) in [6.45, 7) is 1.87. The highest BCUT2D eigenvalue weighted by atomic mass is 19.1. The Balaban J connectivity index is 1.74. The van der Waals surface area contributed by atoms with Gasteiger partial charge in [-0.15, -0.1) is 0 Å². The molecule has 0 saturated heterocycles. The Morgan fingerprint density at radius 2 is 1.80 bits per heavy atom. The summed E-state index contributed by atoms with van der Waals surface area (Å²) in [5.74, 6) is -0.199. The molecule has 1 aromatic heterocycles. The van der Waals surface area contributed by atoms with Crippen LogP contribution in [0.15, 0.2) is 60.7 Å². The monoisotopic (exact) mass is 406 g/mol. The first-order valence-corrected chi connectivity index (χ1v) is 9.23. The van der Waals surface area contributed by atoms with Crippen LogP contribution in [0.5, 0.6) is 29.1 Å². The van der Waals surface area contributed by atoms with E-state index in [1.165, 1.54) is 19.2 Å². The van der Waals surface area contributed by atoms with E-state index < -0.39 is 5.82 Å².